The summed E-state index contributed by atoms with van der Waals surface area (Å²) < 4.78 is 21.9. The Kier molecular flexibility index (Phi) is 5.44. The smallest absolute Gasteiger partial charge is 0.112 e. The van der Waals surface area contributed by atoms with E-state index >= 15 is 0 Å². The normalized spacial score (nSPS) is 31.7. The summed E-state index contributed by atoms with van der Waals surface area (Å²) >= 11 is 0. The molecule has 1 aliphatic rings. The van der Waals surface area contributed by atoms with Gasteiger partial charge in [-0.2, -0.15) is 0 Å². The van der Waals surface area contributed by atoms with Gasteiger partial charge < -0.3 is 18.9 Å². The highest BCUT2D eigenvalue weighted by Gasteiger charge is 2.39. The molecule has 0 aromatic carbocycles. The van der Waals surface area contributed by atoms with Crippen LogP contribution in [0.5, 0.6) is 0 Å². The Hall–Kier alpha value is -0.0951. The second-order valence-corrected chi connectivity index (χ2v) is 5.16. The average molecular weight is 242 g/mol. The Labute approximate surface area is 105 Å². The van der Waals surface area contributed by atoms with Gasteiger partial charge in [-0.25, -0.2) is 0 Å². The fraction of sp³-hybridized carbons (Fsp3) is 1.00. The molecule has 17 heavy (non-hydrogen) atoms. The molecule has 0 amide bonds. The van der Waals surface area contributed by atoms with Crippen LogP contribution in [-0.4, -0.2) is 58.6 Å². The summed E-state index contributed by atoms with van der Waals surface area (Å²) in [6.45, 7) is 6.56. The molecular formula is C12H23BO4. The molecule has 5 heteroatoms. The minimum atomic E-state index is -0.419. The quantitative estimate of drug-likeness (QED) is 0.654. The Morgan fingerprint density at radius 3 is 2.59 bits per heavy atom. The predicted octanol–water partition coefficient (Wildman–Crippen LogP) is 1.11. The van der Waals surface area contributed by atoms with Gasteiger partial charge in [-0.05, 0) is 20.8 Å². The first-order valence-corrected chi connectivity index (χ1v) is 6.00. The third-order valence-electron chi connectivity index (χ3n) is 3.08. The zero-order chi connectivity index (χ0) is 13.1. The number of hydrogen-bond donors (Lipinski definition) is 0. The first kappa shape index (κ1) is 15.0. The number of hydrogen-bond acceptors (Lipinski definition) is 4. The molecule has 1 aliphatic heterocycles. The Bertz CT molecular complexity index is 235. The van der Waals surface area contributed by atoms with Crippen LogP contribution in [0.4, 0.5) is 0 Å². The van der Waals surface area contributed by atoms with Crippen LogP contribution < -0.4 is 0 Å². The minimum absolute atomic E-state index is 0.0953. The van der Waals surface area contributed by atoms with Gasteiger partial charge in [-0.3, -0.25) is 0 Å². The van der Waals surface area contributed by atoms with E-state index in [2.05, 4.69) is 0 Å². The summed E-state index contributed by atoms with van der Waals surface area (Å²) in [5, 5.41) is 0. The van der Waals surface area contributed by atoms with Crippen LogP contribution in [-0.2, 0) is 18.9 Å². The van der Waals surface area contributed by atoms with E-state index in [1.54, 1.807) is 14.2 Å². The van der Waals surface area contributed by atoms with Crippen molar-refractivity contribution < 1.29 is 18.9 Å². The van der Waals surface area contributed by atoms with Crippen LogP contribution in [0, 0.1) is 0 Å². The summed E-state index contributed by atoms with van der Waals surface area (Å²) in [5.74, 6) is 0. The van der Waals surface area contributed by atoms with Gasteiger partial charge in [0.25, 0.3) is 0 Å². The van der Waals surface area contributed by atoms with Crippen LogP contribution in [0.25, 0.3) is 0 Å². The monoisotopic (exact) mass is 242 g/mol. The summed E-state index contributed by atoms with van der Waals surface area (Å²) in [6.07, 6.45) is 0.620. The topological polar surface area (TPSA) is 36.9 Å². The Morgan fingerprint density at radius 1 is 1.41 bits per heavy atom. The van der Waals surface area contributed by atoms with E-state index in [0.29, 0.717) is 6.61 Å². The van der Waals surface area contributed by atoms with Gasteiger partial charge in [0.1, 0.15) is 20.1 Å². The molecule has 0 N–H and O–H groups in total. The molecule has 1 saturated heterocycles. The van der Waals surface area contributed by atoms with Crippen LogP contribution >= 0.6 is 0 Å². The third-order valence-corrected chi connectivity index (χ3v) is 3.08. The standard InChI is InChI=1S/C12H23BO4/c1-8(14-4)6-12(2,3)17-10-9(15-5)7-16-11(10)13/h8-11H,6-7H2,1-5H3/t8?,9-,10?,11+/m0/s1. The highest BCUT2D eigenvalue weighted by Crippen LogP contribution is 2.27. The molecule has 0 bridgehead atoms. The predicted molar refractivity (Wildman–Crippen MR) is 66.3 cm³/mol. The van der Waals surface area contributed by atoms with Gasteiger partial charge in [0, 0.05) is 26.6 Å². The van der Waals surface area contributed by atoms with Crippen LogP contribution in [0.15, 0.2) is 0 Å². The van der Waals surface area contributed by atoms with Crippen molar-refractivity contribution in [2.75, 3.05) is 20.8 Å². The number of methoxy groups -OCH3 is 2. The first-order chi connectivity index (χ1) is 7.89. The van der Waals surface area contributed by atoms with Gasteiger partial charge in [0.05, 0.1) is 18.3 Å². The molecule has 1 heterocycles. The van der Waals surface area contributed by atoms with E-state index in [-0.39, 0.29) is 23.9 Å². The van der Waals surface area contributed by atoms with Crippen molar-refractivity contribution in [3.05, 3.63) is 0 Å². The van der Waals surface area contributed by atoms with E-state index in [0.717, 1.165) is 6.42 Å². The molecule has 0 spiro atoms. The largest absolute Gasteiger partial charge is 0.382 e. The van der Waals surface area contributed by atoms with E-state index in [1.165, 1.54) is 0 Å². The summed E-state index contributed by atoms with van der Waals surface area (Å²) in [4.78, 5) is 0. The zero-order valence-electron chi connectivity index (χ0n) is 11.4. The minimum Gasteiger partial charge on any atom is -0.382 e. The summed E-state index contributed by atoms with van der Waals surface area (Å²) in [6, 6.07) is -0.419. The van der Waals surface area contributed by atoms with Crippen molar-refractivity contribution in [2.45, 2.75) is 57.1 Å². The van der Waals surface area contributed by atoms with Crippen LogP contribution in [0.2, 0.25) is 0 Å². The molecule has 98 valence electrons. The van der Waals surface area contributed by atoms with E-state index in [9.17, 15) is 0 Å². The Morgan fingerprint density at radius 2 is 2.06 bits per heavy atom. The van der Waals surface area contributed by atoms with E-state index < -0.39 is 6.00 Å². The van der Waals surface area contributed by atoms with Gasteiger partial charge in [0.15, 0.2) is 0 Å². The molecule has 0 aromatic rings. The van der Waals surface area contributed by atoms with Crippen molar-refractivity contribution in [3.63, 3.8) is 0 Å². The summed E-state index contributed by atoms with van der Waals surface area (Å²) in [7, 11) is 9.20. The molecule has 2 unspecified atom stereocenters. The Balaban J connectivity index is 2.55. The first-order valence-electron chi connectivity index (χ1n) is 6.00. The van der Waals surface area contributed by atoms with Crippen molar-refractivity contribution in [1.29, 1.82) is 0 Å². The van der Waals surface area contributed by atoms with E-state index in [1.807, 2.05) is 20.8 Å². The fourth-order valence-electron chi connectivity index (χ4n) is 2.14. The third kappa shape index (κ3) is 4.25. The molecule has 1 fully saturated rings. The maximum Gasteiger partial charge on any atom is 0.112 e. The molecule has 2 radical (unpaired) electrons. The molecule has 0 aromatic heterocycles. The van der Waals surface area contributed by atoms with Gasteiger partial charge >= 0.3 is 0 Å². The van der Waals surface area contributed by atoms with Crippen molar-refractivity contribution in [2.24, 2.45) is 0 Å². The molecule has 0 saturated carbocycles. The maximum absolute atomic E-state index is 6.03. The highest BCUT2D eigenvalue weighted by atomic mass is 16.6. The average Bonchev–Trinajstić information content (AvgIpc) is 2.58. The fourth-order valence-corrected chi connectivity index (χ4v) is 2.14. The summed E-state index contributed by atoms with van der Waals surface area (Å²) in [5.41, 5.74) is -0.317. The second kappa shape index (κ2) is 6.18. The zero-order valence-corrected chi connectivity index (χ0v) is 11.4. The molecule has 4 nitrogen and oxygen atoms in total. The number of rotatable bonds is 6. The van der Waals surface area contributed by atoms with Crippen molar-refractivity contribution >= 4 is 7.85 Å². The van der Waals surface area contributed by atoms with Crippen molar-refractivity contribution in [1.82, 2.24) is 0 Å². The van der Waals surface area contributed by atoms with Crippen LogP contribution in [0.1, 0.15) is 27.2 Å². The lowest BCUT2D eigenvalue weighted by Crippen LogP contribution is -2.43. The van der Waals surface area contributed by atoms with Gasteiger partial charge in [0.2, 0.25) is 0 Å². The molecule has 1 rings (SSSR count). The van der Waals surface area contributed by atoms with Crippen LogP contribution in [0.3, 0.4) is 0 Å². The van der Waals surface area contributed by atoms with Crippen molar-refractivity contribution in [3.8, 4) is 0 Å². The maximum atomic E-state index is 6.03. The lowest BCUT2D eigenvalue weighted by molar-refractivity contribution is -0.130. The second-order valence-electron chi connectivity index (χ2n) is 5.16. The molecular weight excluding hydrogens is 219 g/mol. The molecule has 4 atom stereocenters. The SMILES string of the molecule is [B][C@@H]1OC[C@H](OC)C1OC(C)(C)CC(C)OC. The molecule has 0 aliphatic carbocycles. The van der Waals surface area contributed by atoms with Gasteiger partial charge in [-0.15, -0.1) is 0 Å². The van der Waals surface area contributed by atoms with E-state index in [4.69, 9.17) is 26.8 Å². The lowest BCUT2D eigenvalue weighted by Gasteiger charge is -2.34. The highest BCUT2D eigenvalue weighted by molar-refractivity contribution is 6.11. The lowest BCUT2D eigenvalue weighted by atomic mass is 9.92. The van der Waals surface area contributed by atoms with Gasteiger partial charge in [-0.1, -0.05) is 0 Å². The number of ether oxygens (including phenoxy) is 4.